The number of allylic oxidation sites excluding steroid dienone is 1. The van der Waals surface area contributed by atoms with Crippen LogP contribution < -0.4 is 10.6 Å². The molecule has 0 unspecified atom stereocenters. The van der Waals surface area contributed by atoms with Crippen molar-refractivity contribution in [3.63, 3.8) is 0 Å². The zero-order valence-corrected chi connectivity index (χ0v) is 25.0. The molecule has 1 atom stereocenters. The van der Waals surface area contributed by atoms with Crippen LogP contribution in [0.2, 0.25) is 0 Å². The van der Waals surface area contributed by atoms with Gasteiger partial charge in [-0.3, -0.25) is 14.7 Å². The minimum Gasteiger partial charge on any atom is -0.361 e. The van der Waals surface area contributed by atoms with Crippen LogP contribution in [0.3, 0.4) is 0 Å². The quantitative estimate of drug-likeness (QED) is 0.193. The van der Waals surface area contributed by atoms with Gasteiger partial charge in [0, 0.05) is 55.9 Å². The number of hydrogen-bond acceptors (Lipinski definition) is 7. The topological polar surface area (TPSA) is 85.2 Å². The molecule has 4 rings (SSSR count). The number of piperidine rings is 1. The monoisotopic (exact) mass is 631 g/mol. The summed E-state index contributed by atoms with van der Waals surface area (Å²) in [4.78, 5) is 29.5. The van der Waals surface area contributed by atoms with Crippen LogP contribution >= 0.6 is 23.1 Å². The van der Waals surface area contributed by atoms with Gasteiger partial charge in [-0.05, 0) is 56.0 Å². The number of carbonyl (C=O) groups is 1. The Hall–Kier alpha value is -2.78. The highest BCUT2D eigenvalue weighted by molar-refractivity contribution is 8.03. The van der Waals surface area contributed by atoms with Gasteiger partial charge >= 0.3 is 6.18 Å². The van der Waals surface area contributed by atoms with Gasteiger partial charge < -0.3 is 15.5 Å². The minimum absolute atomic E-state index is 0.0781. The van der Waals surface area contributed by atoms with Crippen LogP contribution in [-0.2, 0) is 0 Å². The van der Waals surface area contributed by atoms with E-state index in [1.165, 1.54) is 22.4 Å². The summed E-state index contributed by atoms with van der Waals surface area (Å²) in [5.74, 6) is -2.23. The molecule has 1 amide bonds. The maximum atomic E-state index is 13.2. The molecule has 2 fully saturated rings. The van der Waals surface area contributed by atoms with Gasteiger partial charge in [-0.1, -0.05) is 30.0 Å². The van der Waals surface area contributed by atoms with E-state index in [-0.39, 0.29) is 23.2 Å². The van der Waals surface area contributed by atoms with Crippen LogP contribution in [0.15, 0.2) is 39.3 Å². The van der Waals surface area contributed by atoms with E-state index in [4.69, 9.17) is 0 Å². The van der Waals surface area contributed by atoms with Crippen molar-refractivity contribution >= 4 is 57.0 Å². The van der Waals surface area contributed by atoms with E-state index in [2.05, 4.69) is 32.3 Å². The van der Waals surface area contributed by atoms with Crippen LogP contribution in [0.1, 0.15) is 37.0 Å². The Morgan fingerprint density at radius 2 is 2.00 bits per heavy atom. The van der Waals surface area contributed by atoms with Gasteiger partial charge in [0.25, 0.3) is 11.7 Å². The molecule has 2 aromatic rings. The average Bonchev–Trinajstić information content (AvgIpc) is 3.32. The number of hydrogen-bond donors (Lipinski definition) is 2. The number of anilines is 1. The second kappa shape index (κ2) is 13.7. The lowest BCUT2D eigenvalue weighted by molar-refractivity contribution is -0.173. The second-order valence-electron chi connectivity index (χ2n) is 10.8. The average molecular weight is 632 g/mol. The highest BCUT2D eigenvalue weighted by Gasteiger charge is 2.48. The maximum absolute atomic E-state index is 13.2. The number of likely N-dealkylation sites (tertiary alicyclic amines) is 2. The summed E-state index contributed by atoms with van der Waals surface area (Å²) in [7, 11) is 0. The van der Waals surface area contributed by atoms with Crippen molar-refractivity contribution in [1.29, 1.82) is 0 Å². The molecule has 15 heteroatoms. The van der Waals surface area contributed by atoms with E-state index >= 15 is 0 Å². The zero-order valence-electron chi connectivity index (χ0n) is 23.4. The third kappa shape index (κ3) is 8.86. The fourth-order valence-corrected chi connectivity index (χ4v) is 6.45. The number of benzene rings is 1. The molecule has 2 aliphatic heterocycles. The first-order valence-electron chi connectivity index (χ1n) is 13.5. The number of aromatic nitrogens is 1. The van der Waals surface area contributed by atoms with Crippen molar-refractivity contribution in [2.45, 2.75) is 38.6 Å². The van der Waals surface area contributed by atoms with E-state index in [9.17, 15) is 26.7 Å². The minimum atomic E-state index is -4.18. The van der Waals surface area contributed by atoms with E-state index in [1.54, 1.807) is 17.9 Å². The van der Waals surface area contributed by atoms with Crippen LogP contribution in [0.25, 0.3) is 10.2 Å². The summed E-state index contributed by atoms with van der Waals surface area (Å²) in [6.45, 7) is 9.09. The van der Waals surface area contributed by atoms with Gasteiger partial charge in [0.1, 0.15) is 0 Å². The standard InChI is InChI=1S/C27H34F5N7OS2/c1-17(11-34-24(33-3)35-13-18(2)41-23(28)29)12-36-25-37-20-5-4-19(10-21(20)42-25)22(40)39-8-6-26(7-9-39)14-38(15-26)16-27(30,31)32/h4-5,10,13,17,23H,3,6-9,11-12,14-16H2,1-2H3,(H,34,35)(H,36,37)/b18-13+/t17-/m0/s1. The Kier molecular flexibility index (Phi) is 10.5. The van der Waals surface area contributed by atoms with E-state index in [0.29, 0.717) is 79.5 Å². The Morgan fingerprint density at radius 3 is 2.64 bits per heavy atom. The largest absolute Gasteiger partial charge is 0.401 e. The SMILES string of the molecule is C=NC(=NC[C@H](C)CNc1nc2ccc(C(=O)N3CCC4(CC3)CN(CC(F)(F)F)C4)cc2s1)N/C=C(\C)SC(F)F. The predicted molar refractivity (Wildman–Crippen MR) is 160 cm³/mol. The molecule has 1 aromatic carbocycles. The van der Waals surface area contributed by atoms with Gasteiger partial charge in [-0.2, -0.15) is 22.0 Å². The van der Waals surface area contributed by atoms with E-state index in [1.807, 2.05) is 19.1 Å². The number of fused-ring (bicyclic) bond motifs is 1. The predicted octanol–water partition coefficient (Wildman–Crippen LogP) is 5.91. The lowest BCUT2D eigenvalue weighted by Gasteiger charge is -2.54. The number of carbonyl (C=O) groups excluding carboxylic acids is 1. The fraction of sp³-hybridized carbons (Fsp3) is 0.556. The number of amides is 1. The normalized spacial score (nSPS) is 18.8. The number of guanidine groups is 1. The van der Waals surface area contributed by atoms with Crippen LogP contribution in [0.5, 0.6) is 0 Å². The van der Waals surface area contributed by atoms with Crippen LogP contribution in [0, 0.1) is 11.3 Å². The molecule has 2 aliphatic rings. The van der Waals surface area contributed by atoms with Gasteiger partial charge in [0.05, 0.1) is 16.8 Å². The lowest BCUT2D eigenvalue weighted by Crippen LogP contribution is -2.62. The number of halogens is 5. The number of rotatable bonds is 10. The molecule has 0 radical (unpaired) electrons. The van der Waals surface area contributed by atoms with Gasteiger partial charge in [-0.15, -0.1) is 0 Å². The first-order valence-corrected chi connectivity index (χ1v) is 15.2. The second-order valence-corrected chi connectivity index (χ2v) is 13.1. The first-order chi connectivity index (χ1) is 19.8. The van der Waals surface area contributed by atoms with Gasteiger partial charge in [-0.25, -0.2) is 9.98 Å². The maximum Gasteiger partial charge on any atom is 0.401 e. The van der Waals surface area contributed by atoms with Crippen molar-refractivity contribution in [2.24, 2.45) is 21.3 Å². The molecule has 230 valence electrons. The van der Waals surface area contributed by atoms with Crippen LogP contribution in [-0.4, -0.2) is 91.1 Å². The molecule has 0 saturated carbocycles. The number of thiazole rings is 1. The summed E-state index contributed by atoms with van der Waals surface area (Å²) >= 11 is 1.87. The molecular formula is C27H34F5N7OS2. The molecule has 1 spiro atoms. The molecule has 2 saturated heterocycles. The Morgan fingerprint density at radius 1 is 1.29 bits per heavy atom. The molecule has 1 aromatic heterocycles. The smallest absolute Gasteiger partial charge is 0.361 e. The molecule has 2 N–H and O–H groups in total. The summed E-state index contributed by atoms with van der Waals surface area (Å²) in [6, 6.07) is 5.42. The van der Waals surface area contributed by atoms with E-state index in [0.717, 1.165) is 10.2 Å². The van der Waals surface area contributed by atoms with Crippen molar-refractivity contribution in [3.05, 3.63) is 34.9 Å². The zero-order chi connectivity index (χ0) is 30.5. The third-order valence-corrected chi connectivity index (χ3v) is 8.90. The Bertz CT molecular complexity index is 1310. The third-order valence-electron chi connectivity index (χ3n) is 7.25. The summed E-state index contributed by atoms with van der Waals surface area (Å²) in [5, 5.41) is 6.79. The fourth-order valence-electron chi connectivity index (χ4n) is 5.13. The number of aliphatic imine (C=N–C) groups is 2. The summed E-state index contributed by atoms with van der Waals surface area (Å²) in [5.41, 5.74) is 1.23. The van der Waals surface area contributed by atoms with Gasteiger partial charge in [0.15, 0.2) is 5.13 Å². The number of nitrogens with one attached hydrogen (secondary N) is 2. The number of alkyl halides is 5. The molecular weight excluding hydrogens is 597 g/mol. The molecule has 0 bridgehead atoms. The summed E-state index contributed by atoms with van der Waals surface area (Å²) < 4.78 is 63.6. The van der Waals surface area contributed by atoms with E-state index < -0.39 is 18.5 Å². The molecule has 8 nitrogen and oxygen atoms in total. The molecule has 3 heterocycles. The molecule has 0 aliphatic carbocycles. The highest BCUT2D eigenvalue weighted by Crippen LogP contribution is 2.41. The van der Waals surface area contributed by atoms with Crippen molar-refractivity contribution in [2.75, 3.05) is 51.1 Å². The van der Waals surface area contributed by atoms with Crippen molar-refractivity contribution in [3.8, 4) is 0 Å². The Labute approximate surface area is 249 Å². The van der Waals surface area contributed by atoms with Crippen molar-refractivity contribution in [1.82, 2.24) is 20.1 Å². The summed E-state index contributed by atoms with van der Waals surface area (Å²) in [6.07, 6.45) is -1.35. The van der Waals surface area contributed by atoms with Crippen molar-refractivity contribution < 1.29 is 26.7 Å². The first kappa shape index (κ1) is 32.1. The number of thioether (sulfide) groups is 1. The Balaban J connectivity index is 1.26. The number of nitrogens with zero attached hydrogens (tertiary/aromatic N) is 5. The van der Waals surface area contributed by atoms with Gasteiger partial charge in [0.2, 0.25) is 5.96 Å². The highest BCUT2D eigenvalue weighted by atomic mass is 32.2. The lowest BCUT2D eigenvalue weighted by atomic mass is 9.72. The van der Waals surface area contributed by atoms with Crippen LogP contribution in [0.4, 0.5) is 27.1 Å². The molecule has 42 heavy (non-hydrogen) atoms.